The zero-order valence-electron chi connectivity index (χ0n) is 19.4. The van der Waals surface area contributed by atoms with Gasteiger partial charge in [0, 0.05) is 27.9 Å². The van der Waals surface area contributed by atoms with Gasteiger partial charge in [-0.3, -0.25) is 4.79 Å². The predicted molar refractivity (Wildman–Crippen MR) is 143 cm³/mol. The molecule has 0 fully saturated rings. The van der Waals surface area contributed by atoms with Crippen molar-refractivity contribution in [2.75, 3.05) is 11.9 Å². The lowest BCUT2D eigenvalue weighted by Gasteiger charge is -2.29. The molecule has 6 rings (SSSR count). The van der Waals surface area contributed by atoms with Crippen LogP contribution in [-0.2, 0) is 19.4 Å². The van der Waals surface area contributed by atoms with Gasteiger partial charge in [-0.15, -0.1) is 11.3 Å². The van der Waals surface area contributed by atoms with Gasteiger partial charge in [0.2, 0.25) is 0 Å². The molecule has 2 aliphatic rings. The normalized spacial score (nSPS) is 14.5. The van der Waals surface area contributed by atoms with Crippen LogP contribution in [0.2, 0.25) is 0 Å². The summed E-state index contributed by atoms with van der Waals surface area (Å²) >= 11 is 3.44. The van der Waals surface area contributed by atoms with Gasteiger partial charge in [-0.1, -0.05) is 30.0 Å². The molecule has 4 aromatic rings. The summed E-state index contributed by atoms with van der Waals surface area (Å²) in [6.45, 7) is 0.372. The van der Waals surface area contributed by atoms with Crippen LogP contribution in [0.5, 0.6) is 0 Å². The maximum atomic E-state index is 13.2. The Balaban J connectivity index is 1.28. The van der Waals surface area contributed by atoms with E-state index in [0.717, 1.165) is 41.2 Å². The van der Waals surface area contributed by atoms with Gasteiger partial charge in [0.15, 0.2) is 0 Å². The summed E-state index contributed by atoms with van der Waals surface area (Å²) in [5.41, 5.74) is 5.34. The van der Waals surface area contributed by atoms with Crippen molar-refractivity contribution in [1.82, 2.24) is 5.32 Å². The predicted octanol–water partition coefficient (Wildman–Crippen LogP) is 7.13. The van der Waals surface area contributed by atoms with Crippen LogP contribution in [0, 0.1) is 0 Å². The Kier molecular flexibility index (Phi) is 5.96. The van der Waals surface area contributed by atoms with Crippen molar-refractivity contribution in [2.24, 2.45) is 4.99 Å². The first-order valence-electron chi connectivity index (χ1n) is 11.8. The number of furan rings is 1. The van der Waals surface area contributed by atoms with E-state index < -0.39 is 0 Å². The van der Waals surface area contributed by atoms with Crippen LogP contribution in [0.25, 0.3) is 0 Å². The van der Waals surface area contributed by atoms with Crippen molar-refractivity contribution < 1.29 is 9.21 Å². The lowest BCUT2D eigenvalue weighted by Crippen LogP contribution is -2.23. The Labute approximate surface area is 212 Å². The van der Waals surface area contributed by atoms with Crippen molar-refractivity contribution in [1.29, 1.82) is 0 Å². The number of aliphatic imine (C=N–C) groups is 1. The molecule has 2 aromatic heterocycles. The lowest BCUT2D eigenvalue weighted by atomic mass is 9.95. The fraction of sp³-hybridized carbons (Fsp3) is 0.214. The third-order valence-electron chi connectivity index (χ3n) is 6.51. The van der Waals surface area contributed by atoms with Crippen molar-refractivity contribution in [3.05, 3.63) is 88.2 Å². The SMILES string of the molecule is CN1c2ccccc2Sc2cc(C=Nc3sc4c(c3C(=O)NCc3ccco3)CCCC4)ccc21. The minimum absolute atomic E-state index is 0.0767. The highest BCUT2D eigenvalue weighted by Crippen LogP contribution is 2.47. The Morgan fingerprint density at radius 3 is 2.83 bits per heavy atom. The average molecular weight is 500 g/mol. The Morgan fingerprint density at radius 1 is 1.09 bits per heavy atom. The van der Waals surface area contributed by atoms with Crippen molar-refractivity contribution in [3.8, 4) is 0 Å². The fourth-order valence-corrected chi connectivity index (χ4v) is 7.15. The fourth-order valence-electron chi connectivity index (χ4n) is 4.72. The van der Waals surface area contributed by atoms with E-state index >= 15 is 0 Å². The first-order valence-corrected chi connectivity index (χ1v) is 13.4. The highest BCUT2D eigenvalue weighted by molar-refractivity contribution is 7.99. The zero-order chi connectivity index (χ0) is 23.8. The molecule has 0 unspecified atom stereocenters. The van der Waals surface area contributed by atoms with E-state index in [1.165, 1.54) is 38.0 Å². The molecule has 5 nitrogen and oxygen atoms in total. The van der Waals surface area contributed by atoms with E-state index in [4.69, 9.17) is 9.41 Å². The maximum absolute atomic E-state index is 13.2. The minimum Gasteiger partial charge on any atom is -0.467 e. The lowest BCUT2D eigenvalue weighted by molar-refractivity contribution is 0.0948. The molecule has 1 amide bonds. The second-order valence-corrected chi connectivity index (χ2v) is 10.9. The summed E-state index contributed by atoms with van der Waals surface area (Å²) in [4.78, 5) is 24.1. The average Bonchev–Trinajstić information content (AvgIpc) is 3.54. The van der Waals surface area contributed by atoms with Gasteiger partial charge in [-0.2, -0.15) is 0 Å². The van der Waals surface area contributed by atoms with E-state index in [1.807, 2.05) is 18.3 Å². The Hall–Kier alpha value is -3.29. The molecule has 1 aliphatic carbocycles. The molecule has 7 heteroatoms. The molecular formula is C28H25N3O2S2. The second kappa shape index (κ2) is 9.40. The highest BCUT2D eigenvalue weighted by Gasteiger charge is 2.25. The van der Waals surface area contributed by atoms with Crippen LogP contribution in [0.4, 0.5) is 16.4 Å². The van der Waals surface area contributed by atoms with Crippen LogP contribution < -0.4 is 10.2 Å². The first-order chi connectivity index (χ1) is 17.2. The number of hydrogen-bond acceptors (Lipinski definition) is 6. The van der Waals surface area contributed by atoms with Crippen LogP contribution in [0.1, 0.15) is 45.0 Å². The molecular weight excluding hydrogens is 474 g/mol. The minimum atomic E-state index is -0.0767. The standard InChI is InChI=1S/C28H25N3O2S2/c1-31-21-9-3-5-11-24(21)34-25-15-18(12-13-22(25)31)16-30-28-26(20-8-2-4-10-23(20)35-28)27(32)29-17-19-7-6-14-33-19/h3,5-7,9,11-16H,2,4,8,10,17H2,1H3,(H,29,32). The monoisotopic (exact) mass is 499 g/mol. The summed E-state index contributed by atoms with van der Waals surface area (Å²) in [6, 6.07) is 18.6. The highest BCUT2D eigenvalue weighted by atomic mass is 32.2. The van der Waals surface area contributed by atoms with E-state index in [2.05, 4.69) is 59.7 Å². The molecule has 0 saturated carbocycles. The van der Waals surface area contributed by atoms with E-state index in [9.17, 15) is 4.79 Å². The summed E-state index contributed by atoms with van der Waals surface area (Å²) in [5, 5.41) is 3.82. The van der Waals surface area contributed by atoms with Crippen LogP contribution in [0.15, 0.2) is 80.1 Å². The maximum Gasteiger partial charge on any atom is 0.255 e. The van der Waals surface area contributed by atoms with E-state index in [1.54, 1.807) is 29.4 Å². The molecule has 3 heterocycles. The Bertz CT molecular complexity index is 1420. The van der Waals surface area contributed by atoms with Gasteiger partial charge in [0.25, 0.3) is 5.91 Å². The number of anilines is 2. The summed E-state index contributed by atoms with van der Waals surface area (Å²) in [5.74, 6) is 0.665. The van der Waals surface area contributed by atoms with Gasteiger partial charge in [0.05, 0.1) is 29.7 Å². The number of hydrogen-bond donors (Lipinski definition) is 1. The van der Waals surface area contributed by atoms with Crippen LogP contribution >= 0.6 is 23.1 Å². The summed E-state index contributed by atoms with van der Waals surface area (Å²) in [6.07, 6.45) is 7.75. The van der Waals surface area contributed by atoms with Gasteiger partial charge in [-0.25, -0.2) is 4.99 Å². The number of nitrogens with zero attached hydrogens (tertiary/aromatic N) is 2. The van der Waals surface area contributed by atoms with E-state index in [0.29, 0.717) is 6.54 Å². The Morgan fingerprint density at radius 2 is 1.94 bits per heavy atom. The largest absolute Gasteiger partial charge is 0.467 e. The topological polar surface area (TPSA) is 57.8 Å². The second-order valence-electron chi connectivity index (χ2n) is 8.77. The smallest absolute Gasteiger partial charge is 0.255 e. The van der Waals surface area contributed by atoms with Gasteiger partial charge >= 0.3 is 0 Å². The molecule has 1 N–H and O–H groups in total. The van der Waals surface area contributed by atoms with Crippen molar-refractivity contribution >= 4 is 51.6 Å². The molecule has 0 radical (unpaired) electrons. The molecule has 176 valence electrons. The molecule has 2 aromatic carbocycles. The van der Waals surface area contributed by atoms with Crippen LogP contribution in [-0.4, -0.2) is 19.2 Å². The van der Waals surface area contributed by atoms with Crippen LogP contribution in [0.3, 0.4) is 0 Å². The quantitative estimate of drug-likeness (QED) is 0.297. The van der Waals surface area contributed by atoms with Crippen molar-refractivity contribution in [2.45, 2.75) is 42.0 Å². The number of amides is 1. The number of rotatable bonds is 5. The van der Waals surface area contributed by atoms with Gasteiger partial charge < -0.3 is 14.6 Å². The van der Waals surface area contributed by atoms with Gasteiger partial charge in [0.1, 0.15) is 10.8 Å². The molecule has 35 heavy (non-hydrogen) atoms. The summed E-state index contributed by atoms with van der Waals surface area (Å²) in [7, 11) is 2.11. The number of thiophene rings is 1. The number of fused-ring (bicyclic) bond motifs is 3. The zero-order valence-corrected chi connectivity index (χ0v) is 21.0. The molecule has 0 atom stereocenters. The molecule has 0 spiro atoms. The third kappa shape index (κ3) is 4.30. The number of carbonyl (C=O) groups excluding carboxylic acids is 1. The summed E-state index contributed by atoms with van der Waals surface area (Å²) < 4.78 is 5.38. The first kappa shape index (κ1) is 22.2. The number of carbonyl (C=O) groups is 1. The molecule has 1 aliphatic heterocycles. The van der Waals surface area contributed by atoms with E-state index in [-0.39, 0.29) is 5.91 Å². The molecule has 0 bridgehead atoms. The number of benzene rings is 2. The number of para-hydroxylation sites is 1. The molecule has 0 saturated heterocycles. The van der Waals surface area contributed by atoms with Crippen molar-refractivity contribution in [3.63, 3.8) is 0 Å². The number of aryl methyl sites for hydroxylation is 1. The third-order valence-corrected chi connectivity index (χ3v) is 8.82. The number of nitrogens with one attached hydrogen (secondary N) is 1. The van der Waals surface area contributed by atoms with Gasteiger partial charge in [-0.05, 0) is 73.2 Å².